The first-order valence-electron chi connectivity index (χ1n) is 5.60. The maximum Gasteiger partial charge on any atom is 0.257 e. The van der Waals surface area contributed by atoms with Gasteiger partial charge in [-0.1, -0.05) is 15.9 Å². The van der Waals surface area contributed by atoms with Crippen LogP contribution in [0.15, 0.2) is 22.7 Å². The predicted octanol–water partition coefficient (Wildman–Crippen LogP) is 3.35. The summed E-state index contributed by atoms with van der Waals surface area (Å²) in [4.78, 5) is 13.7. The van der Waals surface area contributed by atoms with Gasteiger partial charge in [-0.25, -0.2) is 4.39 Å². The maximum absolute atomic E-state index is 13.6. The zero-order chi connectivity index (χ0) is 13.7. The third kappa shape index (κ3) is 3.54. The number of rotatable bonds is 4. The first kappa shape index (κ1) is 14.7. The Morgan fingerprint density at radius 3 is 2.78 bits per heavy atom. The van der Waals surface area contributed by atoms with Crippen LogP contribution in [0, 0.1) is 17.1 Å². The van der Waals surface area contributed by atoms with E-state index in [2.05, 4.69) is 15.9 Å². The molecule has 1 amide bonds. The number of amides is 1. The van der Waals surface area contributed by atoms with Crippen molar-refractivity contribution in [3.8, 4) is 6.07 Å². The van der Waals surface area contributed by atoms with Crippen LogP contribution in [-0.4, -0.2) is 23.4 Å². The number of hydrogen-bond acceptors (Lipinski definition) is 2. The zero-order valence-corrected chi connectivity index (χ0v) is 11.9. The van der Waals surface area contributed by atoms with Gasteiger partial charge in [-0.05, 0) is 32.0 Å². The molecular formula is C13H14BrFN2O. The molecule has 0 saturated carbocycles. The lowest BCUT2D eigenvalue weighted by atomic mass is 10.1. The van der Waals surface area contributed by atoms with Crippen molar-refractivity contribution in [3.05, 3.63) is 34.1 Å². The van der Waals surface area contributed by atoms with Gasteiger partial charge >= 0.3 is 0 Å². The third-order valence-corrected chi connectivity index (χ3v) is 3.00. The van der Waals surface area contributed by atoms with E-state index in [9.17, 15) is 9.18 Å². The van der Waals surface area contributed by atoms with Crippen LogP contribution in [0.5, 0.6) is 0 Å². The van der Waals surface area contributed by atoms with Gasteiger partial charge in [0.25, 0.3) is 5.91 Å². The average molecular weight is 313 g/mol. The lowest BCUT2D eigenvalue weighted by molar-refractivity contribution is 0.0705. The van der Waals surface area contributed by atoms with Gasteiger partial charge in [0, 0.05) is 17.1 Å². The van der Waals surface area contributed by atoms with Gasteiger partial charge in [-0.3, -0.25) is 4.79 Å². The first-order valence-corrected chi connectivity index (χ1v) is 6.39. The highest BCUT2D eigenvalue weighted by molar-refractivity contribution is 9.10. The summed E-state index contributed by atoms with van der Waals surface area (Å²) in [6.07, 6.45) is 0.236. The molecule has 0 aromatic heterocycles. The Morgan fingerprint density at radius 1 is 1.56 bits per heavy atom. The summed E-state index contributed by atoms with van der Waals surface area (Å²) in [5, 5.41) is 8.58. The molecule has 0 aliphatic heterocycles. The van der Waals surface area contributed by atoms with Crippen LogP contribution in [0.2, 0.25) is 0 Å². The molecular weight excluding hydrogens is 299 g/mol. The van der Waals surface area contributed by atoms with E-state index < -0.39 is 5.82 Å². The molecule has 18 heavy (non-hydrogen) atoms. The van der Waals surface area contributed by atoms with Gasteiger partial charge in [-0.2, -0.15) is 5.26 Å². The fraction of sp³-hybridized carbons (Fsp3) is 0.385. The van der Waals surface area contributed by atoms with Crippen LogP contribution >= 0.6 is 15.9 Å². The van der Waals surface area contributed by atoms with Gasteiger partial charge in [0.15, 0.2) is 0 Å². The molecule has 0 radical (unpaired) electrons. The Bertz CT molecular complexity index is 482. The van der Waals surface area contributed by atoms with Crippen LogP contribution in [0.25, 0.3) is 0 Å². The molecule has 1 aromatic rings. The fourth-order valence-corrected chi connectivity index (χ4v) is 1.94. The second-order valence-corrected chi connectivity index (χ2v) is 5.04. The average Bonchev–Trinajstić information content (AvgIpc) is 2.32. The Hall–Kier alpha value is -1.41. The summed E-state index contributed by atoms with van der Waals surface area (Å²) < 4.78 is 14.3. The smallest absolute Gasteiger partial charge is 0.257 e. The predicted molar refractivity (Wildman–Crippen MR) is 70.5 cm³/mol. The number of carbonyl (C=O) groups excluding carboxylic acids is 1. The maximum atomic E-state index is 13.6. The van der Waals surface area contributed by atoms with E-state index in [-0.39, 0.29) is 23.9 Å². The first-order chi connectivity index (χ1) is 8.47. The standard InChI is InChI=1S/C13H14BrFN2O/c1-9(2)17(7-3-6-16)13(18)11-8-10(14)4-5-12(11)15/h4-5,8-9H,3,7H2,1-2H3. The summed E-state index contributed by atoms with van der Waals surface area (Å²) in [5.41, 5.74) is 0.0241. The number of carbonyl (C=O) groups is 1. The van der Waals surface area contributed by atoms with E-state index in [1.54, 1.807) is 6.07 Å². The summed E-state index contributed by atoms with van der Waals surface area (Å²) >= 11 is 3.21. The van der Waals surface area contributed by atoms with Crippen molar-refractivity contribution in [2.45, 2.75) is 26.3 Å². The summed E-state index contributed by atoms with van der Waals surface area (Å²) in [7, 11) is 0. The lowest BCUT2D eigenvalue weighted by Gasteiger charge is -2.26. The van der Waals surface area contributed by atoms with Crippen LogP contribution < -0.4 is 0 Å². The van der Waals surface area contributed by atoms with Crippen molar-refractivity contribution in [2.75, 3.05) is 6.54 Å². The number of halogens is 2. The second kappa shape index (κ2) is 6.50. The van der Waals surface area contributed by atoms with Gasteiger partial charge in [0.05, 0.1) is 18.1 Å². The minimum absolute atomic E-state index is 0.0241. The molecule has 0 heterocycles. The van der Waals surface area contributed by atoms with E-state index >= 15 is 0 Å². The van der Waals surface area contributed by atoms with Crippen LogP contribution in [0.3, 0.4) is 0 Å². The second-order valence-electron chi connectivity index (χ2n) is 4.12. The minimum atomic E-state index is -0.550. The molecule has 0 aliphatic rings. The molecule has 0 unspecified atom stereocenters. The molecule has 3 nitrogen and oxygen atoms in total. The molecule has 96 valence electrons. The molecule has 0 spiro atoms. The van der Waals surface area contributed by atoms with Crippen molar-refractivity contribution in [1.29, 1.82) is 5.26 Å². The number of hydrogen-bond donors (Lipinski definition) is 0. The summed E-state index contributed by atoms with van der Waals surface area (Å²) in [5.74, 6) is -0.940. The van der Waals surface area contributed by atoms with Crippen LogP contribution in [0.4, 0.5) is 4.39 Å². The van der Waals surface area contributed by atoms with Crippen molar-refractivity contribution in [2.24, 2.45) is 0 Å². The fourth-order valence-electron chi connectivity index (χ4n) is 1.58. The Balaban J connectivity index is 3.02. The molecule has 0 atom stereocenters. The quantitative estimate of drug-likeness (QED) is 0.855. The van der Waals surface area contributed by atoms with Crippen molar-refractivity contribution in [3.63, 3.8) is 0 Å². The Labute approximate surface area is 114 Å². The highest BCUT2D eigenvalue weighted by Crippen LogP contribution is 2.18. The van der Waals surface area contributed by atoms with Crippen molar-refractivity contribution >= 4 is 21.8 Å². The molecule has 5 heteroatoms. The SMILES string of the molecule is CC(C)N(CCC#N)C(=O)c1cc(Br)ccc1F. The molecule has 0 aliphatic carbocycles. The highest BCUT2D eigenvalue weighted by atomic mass is 79.9. The normalized spacial score (nSPS) is 10.2. The Morgan fingerprint density at radius 2 is 2.22 bits per heavy atom. The van der Waals surface area contributed by atoms with Gasteiger partial charge in [-0.15, -0.1) is 0 Å². The number of benzene rings is 1. The minimum Gasteiger partial charge on any atom is -0.335 e. The monoisotopic (exact) mass is 312 g/mol. The Kier molecular flexibility index (Phi) is 5.29. The van der Waals surface area contributed by atoms with E-state index in [0.29, 0.717) is 11.0 Å². The van der Waals surface area contributed by atoms with Crippen LogP contribution in [-0.2, 0) is 0 Å². The number of nitriles is 1. The van der Waals surface area contributed by atoms with E-state index in [1.165, 1.54) is 17.0 Å². The van der Waals surface area contributed by atoms with Gasteiger partial charge in [0.1, 0.15) is 5.82 Å². The van der Waals surface area contributed by atoms with E-state index in [4.69, 9.17) is 5.26 Å². The van der Waals surface area contributed by atoms with Crippen molar-refractivity contribution < 1.29 is 9.18 Å². The summed E-state index contributed by atoms with van der Waals surface area (Å²) in [6, 6.07) is 6.16. The zero-order valence-electron chi connectivity index (χ0n) is 10.3. The molecule has 0 fully saturated rings. The summed E-state index contributed by atoms with van der Waals surface area (Å²) in [6.45, 7) is 3.98. The lowest BCUT2D eigenvalue weighted by Crippen LogP contribution is -2.38. The topological polar surface area (TPSA) is 44.1 Å². The third-order valence-electron chi connectivity index (χ3n) is 2.51. The molecule has 1 aromatic carbocycles. The van der Waals surface area contributed by atoms with Crippen molar-refractivity contribution in [1.82, 2.24) is 4.90 Å². The number of nitrogens with zero attached hydrogens (tertiary/aromatic N) is 2. The molecule has 0 bridgehead atoms. The van der Waals surface area contributed by atoms with Gasteiger partial charge < -0.3 is 4.90 Å². The molecule has 0 N–H and O–H groups in total. The van der Waals surface area contributed by atoms with Crippen LogP contribution in [0.1, 0.15) is 30.6 Å². The molecule has 0 saturated heterocycles. The van der Waals surface area contributed by atoms with Gasteiger partial charge in [0.2, 0.25) is 0 Å². The van der Waals surface area contributed by atoms with E-state index in [1.807, 2.05) is 19.9 Å². The molecule has 1 rings (SSSR count). The largest absolute Gasteiger partial charge is 0.335 e. The highest BCUT2D eigenvalue weighted by Gasteiger charge is 2.21. The van der Waals surface area contributed by atoms with E-state index in [0.717, 1.165) is 0 Å².